The average molecular weight is 570 g/mol. The molecule has 22 heavy (non-hydrogen) atoms. The van der Waals surface area contributed by atoms with Crippen molar-refractivity contribution in [2.24, 2.45) is 0 Å². The molecule has 0 saturated carbocycles. The molecule has 0 spiro atoms. The zero-order valence-electron chi connectivity index (χ0n) is 14.3. The van der Waals surface area contributed by atoms with Gasteiger partial charge < -0.3 is 48.0 Å². The van der Waals surface area contributed by atoms with Gasteiger partial charge in [-0.15, -0.1) is 0 Å². The molecule has 134 valence electrons. The van der Waals surface area contributed by atoms with Crippen molar-refractivity contribution in [1.29, 1.82) is 0 Å². The van der Waals surface area contributed by atoms with Gasteiger partial charge in [-0.05, 0) is 73.2 Å². The molecule has 0 amide bonds. The van der Waals surface area contributed by atoms with E-state index in [0.717, 1.165) is 21.8 Å². The molecule has 4 heteroatoms. The molecule has 2 rings (SSSR count). The van der Waals surface area contributed by atoms with Crippen molar-refractivity contribution in [2.45, 2.75) is 77.0 Å². The fourth-order valence-corrected chi connectivity index (χ4v) is 8.41. The first kappa shape index (κ1) is 24.2. The number of unbranched alkanes of at least 4 members (excludes halogenated alkanes) is 7. The van der Waals surface area contributed by atoms with Crippen LogP contribution in [0.4, 0.5) is 0 Å². The summed E-state index contributed by atoms with van der Waals surface area (Å²) in [6, 6.07) is 0. The number of halogens is 2. The highest BCUT2D eigenvalue weighted by Gasteiger charge is 2.23. The minimum Gasteiger partial charge on any atom is -1.00 e. The highest BCUT2D eigenvalue weighted by molar-refractivity contribution is 7.97. The lowest BCUT2D eigenvalue weighted by Crippen LogP contribution is -3.00. The highest BCUT2D eigenvalue weighted by atomic mass is 127. The Kier molecular flexibility index (Phi) is 18.3. The molecule has 0 nitrogen and oxygen atoms in total. The van der Waals surface area contributed by atoms with Crippen LogP contribution in [0.2, 0.25) is 0 Å². The maximum atomic E-state index is 1.57. The van der Waals surface area contributed by atoms with Crippen molar-refractivity contribution < 1.29 is 48.0 Å². The van der Waals surface area contributed by atoms with Crippen LogP contribution in [0.1, 0.15) is 77.0 Å². The van der Waals surface area contributed by atoms with Gasteiger partial charge in [0.2, 0.25) is 0 Å². The SMILES string of the molecule is C(CCCCC[S+]1CCCC1)CCCC[S+]1CCCC1.[I-].[I-]. The van der Waals surface area contributed by atoms with Crippen molar-refractivity contribution in [1.82, 2.24) is 0 Å². The third-order valence-electron chi connectivity index (χ3n) is 4.85. The molecular weight excluding hydrogens is 534 g/mol. The largest absolute Gasteiger partial charge is 1.00 e. The standard InChI is InChI=1S/C18H36S2.2HI/c1(3-5-7-13-19-15-9-10-16-19)2-4-6-8-14-20-17-11-12-18-20;;/h1-18H2;2*1H/q+2;;/p-2. The lowest BCUT2D eigenvalue weighted by molar-refractivity contribution is -0.00100. The summed E-state index contributed by atoms with van der Waals surface area (Å²) >= 11 is 0. The molecule has 0 aromatic rings. The van der Waals surface area contributed by atoms with E-state index in [1.165, 1.54) is 77.0 Å². The average Bonchev–Trinajstić information content (AvgIpc) is 3.14. The fourth-order valence-electron chi connectivity index (χ4n) is 3.51. The molecule has 0 bridgehead atoms. The quantitative estimate of drug-likeness (QED) is 0.169. The van der Waals surface area contributed by atoms with Crippen LogP contribution < -0.4 is 48.0 Å². The van der Waals surface area contributed by atoms with E-state index in [1.54, 1.807) is 34.5 Å². The van der Waals surface area contributed by atoms with E-state index in [0.29, 0.717) is 0 Å². The van der Waals surface area contributed by atoms with Crippen molar-refractivity contribution >= 4 is 21.8 Å². The second-order valence-corrected chi connectivity index (χ2v) is 11.6. The van der Waals surface area contributed by atoms with Gasteiger partial charge in [0.1, 0.15) is 34.5 Å². The second-order valence-electron chi connectivity index (χ2n) is 6.69. The molecule has 2 fully saturated rings. The Labute approximate surface area is 179 Å². The zero-order valence-corrected chi connectivity index (χ0v) is 20.2. The molecule has 0 radical (unpaired) electrons. The molecule has 0 aromatic carbocycles. The smallest absolute Gasteiger partial charge is 0.108 e. The predicted molar refractivity (Wildman–Crippen MR) is 99.3 cm³/mol. The van der Waals surface area contributed by atoms with Crippen molar-refractivity contribution in [3.63, 3.8) is 0 Å². The van der Waals surface area contributed by atoms with Crippen molar-refractivity contribution in [3.8, 4) is 0 Å². The fraction of sp³-hybridized carbons (Fsp3) is 1.00. The minimum absolute atomic E-state index is 0. The van der Waals surface area contributed by atoms with E-state index in [4.69, 9.17) is 0 Å². The molecule has 2 heterocycles. The summed E-state index contributed by atoms with van der Waals surface area (Å²) in [6.07, 6.45) is 18.3. The lowest BCUT2D eigenvalue weighted by Gasteiger charge is -2.03. The summed E-state index contributed by atoms with van der Waals surface area (Å²) in [5.74, 6) is 9.43. The van der Waals surface area contributed by atoms with E-state index in [2.05, 4.69) is 0 Å². The van der Waals surface area contributed by atoms with Gasteiger partial charge in [0.15, 0.2) is 0 Å². The summed E-state index contributed by atoms with van der Waals surface area (Å²) in [4.78, 5) is 0. The third-order valence-corrected chi connectivity index (χ3v) is 10.0. The van der Waals surface area contributed by atoms with Crippen LogP contribution in [0.5, 0.6) is 0 Å². The summed E-state index contributed by atoms with van der Waals surface area (Å²) in [7, 11) is 1.72. The summed E-state index contributed by atoms with van der Waals surface area (Å²) in [6.45, 7) is 0. The Balaban J connectivity index is 0.00000220. The molecule has 2 saturated heterocycles. The molecule has 0 atom stereocenters. The Morgan fingerprint density at radius 2 is 0.682 bits per heavy atom. The Morgan fingerprint density at radius 3 is 1.00 bits per heavy atom. The van der Waals surface area contributed by atoms with E-state index in [-0.39, 0.29) is 48.0 Å². The maximum absolute atomic E-state index is 1.57. The van der Waals surface area contributed by atoms with Crippen LogP contribution in [-0.2, 0) is 21.8 Å². The lowest BCUT2D eigenvalue weighted by atomic mass is 10.1. The van der Waals surface area contributed by atoms with Gasteiger partial charge in [-0.1, -0.05) is 25.7 Å². The third kappa shape index (κ3) is 11.7. The summed E-state index contributed by atoms with van der Waals surface area (Å²) in [5, 5.41) is 0. The predicted octanol–water partition coefficient (Wildman–Crippen LogP) is -1.06. The number of hydrogen-bond acceptors (Lipinski definition) is 0. The molecule has 2 aliphatic rings. The van der Waals surface area contributed by atoms with Gasteiger partial charge >= 0.3 is 0 Å². The first-order valence-electron chi connectivity index (χ1n) is 9.23. The minimum atomic E-state index is 0. The van der Waals surface area contributed by atoms with Crippen LogP contribution in [0, 0.1) is 0 Å². The van der Waals surface area contributed by atoms with Crippen LogP contribution in [0.15, 0.2) is 0 Å². The Bertz CT molecular complexity index is 203. The van der Waals surface area contributed by atoms with Crippen molar-refractivity contribution in [2.75, 3.05) is 34.5 Å². The monoisotopic (exact) mass is 570 g/mol. The molecule has 0 aromatic heterocycles. The van der Waals surface area contributed by atoms with Crippen LogP contribution in [0.3, 0.4) is 0 Å². The van der Waals surface area contributed by atoms with Gasteiger partial charge in [0.05, 0.1) is 0 Å². The van der Waals surface area contributed by atoms with Gasteiger partial charge in [-0.2, -0.15) is 0 Å². The molecule has 0 N–H and O–H groups in total. The van der Waals surface area contributed by atoms with Gasteiger partial charge in [-0.3, -0.25) is 0 Å². The number of rotatable bonds is 11. The van der Waals surface area contributed by atoms with E-state index < -0.39 is 0 Å². The van der Waals surface area contributed by atoms with E-state index in [9.17, 15) is 0 Å². The van der Waals surface area contributed by atoms with Crippen molar-refractivity contribution in [3.05, 3.63) is 0 Å². The number of hydrogen-bond donors (Lipinski definition) is 0. The molecule has 2 aliphatic heterocycles. The first-order chi connectivity index (χ1) is 9.95. The first-order valence-corrected chi connectivity index (χ1v) is 12.7. The van der Waals surface area contributed by atoms with E-state index >= 15 is 0 Å². The Morgan fingerprint density at radius 1 is 0.409 bits per heavy atom. The molecule has 0 aliphatic carbocycles. The topological polar surface area (TPSA) is 0 Å². The summed E-state index contributed by atoms with van der Waals surface area (Å²) in [5.41, 5.74) is 0. The Hall–Kier alpha value is 2.16. The maximum Gasteiger partial charge on any atom is 0.108 e. The van der Waals surface area contributed by atoms with Crippen LogP contribution in [0.25, 0.3) is 0 Å². The summed E-state index contributed by atoms with van der Waals surface area (Å²) < 4.78 is 0. The highest BCUT2D eigenvalue weighted by Crippen LogP contribution is 2.17. The van der Waals surface area contributed by atoms with Gasteiger partial charge in [0.25, 0.3) is 0 Å². The van der Waals surface area contributed by atoms with Gasteiger partial charge in [0, 0.05) is 0 Å². The van der Waals surface area contributed by atoms with Crippen LogP contribution in [-0.4, -0.2) is 34.5 Å². The molecular formula is C18H36I2S2. The molecule has 0 unspecified atom stereocenters. The second kappa shape index (κ2) is 16.6. The van der Waals surface area contributed by atoms with Gasteiger partial charge in [-0.25, -0.2) is 0 Å². The van der Waals surface area contributed by atoms with E-state index in [1.807, 2.05) is 0 Å². The normalized spacial score (nSPS) is 19.1. The zero-order chi connectivity index (χ0) is 13.9. The van der Waals surface area contributed by atoms with Crippen LogP contribution >= 0.6 is 0 Å².